The molecule has 2 heteroatoms. The molecular weight excluding hydrogens is 130 g/mol. The molecule has 1 aromatic rings. The Kier molecular flexibility index (Phi) is 2.71. The summed E-state index contributed by atoms with van der Waals surface area (Å²) in [5.74, 6) is 0. The molecule has 0 aromatic carbocycles. The van der Waals surface area contributed by atoms with Gasteiger partial charge in [-0.1, -0.05) is 13.3 Å². The molecule has 1 heterocycles. The van der Waals surface area contributed by atoms with Crippen molar-refractivity contribution in [2.24, 2.45) is 0 Å². The lowest BCUT2D eigenvalue weighted by atomic mass is 10.2. The van der Waals surface area contributed by atoms with E-state index in [-0.39, 0.29) is 0 Å². The Morgan fingerprint density at radius 3 is 3.22 bits per heavy atom. The van der Waals surface area contributed by atoms with Crippen molar-refractivity contribution in [2.45, 2.75) is 26.2 Å². The van der Waals surface area contributed by atoms with E-state index in [4.69, 9.17) is 0 Å². The molecule has 0 N–H and O–H groups in total. The second-order valence-corrected chi connectivity index (χ2v) is 2.65. The molecule has 0 bridgehead atoms. The molecular formula is C7H10NS. The first-order chi connectivity index (χ1) is 4.43. The zero-order chi connectivity index (χ0) is 6.53. The van der Waals surface area contributed by atoms with E-state index >= 15 is 0 Å². The third-order valence-electron chi connectivity index (χ3n) is 1.24. The number of rotatable bonds is 3. The van der Waals surface area contributed by atoms with Gasteiger partial charge in [-0.15, -0.1) is 0 Å². The number of nitrogens with zero attached hydrogens (tertiary/aromatic N) is 1. The van der Waals surface area contributed by atoms with Crippen LogP contribution in [0.1, 0.15) is 25.3 Å². The summed E-state index contributed by atoms with van der Waals surface area (Å²) in [5, 5.41) is 3.10. The highest BCUT2D eigenvalue weighted by molar-refractivity contribution is 7.03. The molecule has 0 fully saturated rings. The Bertz CT molecular complexity index is 146. The number of aryl methyl sites for hydroxylation is 1. The molecule has 0 unspecified atom stereocenters. The van der Waals surface area contributed by atoms with Crippen LogP contribution in [0.15, 0.2) is 6.20 Å². The van der Waals surface area contributed by atoms with Gasteiger partial charge in [0.05, 0.1) is 5.38 Å². The maximum Gasteiger partial charge on any atom is 0.0700 e. The van der Waals surface area contributed by atoms with E-state index in [1.165, 1.54) is 29.9 Å². The highest BCUT2D eigenvalue weighted by atomic mass is 32.1. The van der Waals surface area contributed by atoms with Crippen molar-refractivity contribution in [1.82, 2.24) is 4.37 Å². The molecule has 0 atom stereocenters. The maximum atomic E-state index is 3.96. The molecule has 0 spiro atoms. The van der Waals surface area contributed by atoms with E-state index in [2.05, 4.69) is 16.7 Å². The van der Waals surface area contributed by atoms with Crippen LogP contribution in [0.3, 0.4) is 0 Å². The van der Waals surface area contributed by atoms with Crippen LogP contribution in [0.4, 0.5) is 0 Å². The van der Waals surface area contributed by atoms with Gasteiger partial charge in [0, 0.05) is 6.20 Å². The normalized spacial score (nSPS) is 9.89. The van der Waals surface area contributed by atoms with Crippen LogP contribution in [0.25, 0.3) is 0 Å². The highest BCUT2D eigenvalue weighted by Crippen LogP contribution is 2.04. The fourth-order valence-electron chi connectivity index (χ4n) is 0.684. The molecule has 1 radical (unpaired) electrons. The minimum Gasteiger partial charge on any atom is -0.200 e. The first-order valence-electron chi connectivity index (χ1n) is 3.24. The quantitative estimate of drug-likeness (QED) is 0.627. The number of unbranched alkanes of at least 4 members (excludes halogenated alkanes) is 1. The van der Waals surface area contributed by atoms with E-state index in [1.807, 2.05) is 6.20 Å². The SMILES string of the molecule is CCCCc1[c]snc1. The van der Waals surface area contributed by atoms with E-state index < -0.39 is 0 Å². The Hall–Kier alpha value is -0.370. The molecule has 49 valence electrons. The molecule has 1 aromatic heterocycles. The van der Waals surface area contributed by atoms with Crippen molar-refractivity contribution in [3.8, 4) is 0 Å². The van der Waals surface area contributed by atoms with Crippen molar-refractivity contribution >= 4 is 11.5 Å². The van der Waals surface area contributed by atoms with Gasteiger partial charge in [-0.25, -0.2) is 4.37 Å². The van der Waals surface area contributed by atoms with Crippen molar-refractivity contribution < 1.29 is 0 Å². The lowest BCUT2D eigenvalue weighted by Gasteiger charge is -1.89. The Labute approximate surface area is 59.9 Å². The first kappa shape index (κ1) is 6.75. The molecule has 0 aliphatic rings. The van der Waals surface area contributed by atoms with Gasteiger partial charge in [-0.2, -0.15) is 0 Å². The van der Waals surface area contributed by atoms with Gasteiger partial charge >= 0.3 is 0 Å². The number of hydrogen-bond donors (Lipinski definition) is 0. The summed E-state index contributed by atoms with van der Waals surface area (Å²) >= 11 is 1.42. The largest absolute Gasteiger partial charge is 0.200 e. The molecule has 0 saturated carbocycles. The van der Waals surface area contributed by atoms with Gasteiger partial charge in [0.15, 0.2) is 0 Å². The van der Waals surface area contributed by atoms with Crippen molar-refractivity contribution in [3.63, 3.8) is 0 Å². The molecule has 0 aliphatic carbocycles. The fourth-order valence-corrected chi connectivity index (χ4v) is 1.19. The molecule has 0 aliphatic heterocycles. The first-order valence-corrected chi connectivity index (χ1v) is 4.02. The van der Waals surface area contributed by atoms with Crippen molar-refractivity contribution in [1.29, 1.82) is 0 Å². The Morgan fingerprint density at radius 1 is 1.78 bits per heavy atom. The van der Waals surface area contributed by atoms with Crippen LogP contribution in [0.2, 0.25) is 0 Å². The van der Waals surface area contributed by atoms with Gasteiger partial charge < -0.3 is 0 Å². The van der Waals surface area contributed by atoms with Crippen LogP contribution in [0, 0.1) is 5.38 Å². The summed E-state index contributed by atoms with van der Waals surface area (Å²) in [4.78, 5) is 0. The topological polar surface area (TPSA) is 12.9 Å². The monoisotopic (exact) mass is 140 g/mol. The van der Waals surface area contributed by atoms with Crippen LogP contribution in [-0.2, 0) is 6.42 Å². The van der Waals surface area contributed by atoms with Crippen LogP contribution in [0.5, 0.6) is 0 Å². The van der Waals surface area contributed by atoms with Crippen LogP contribution in [-0.4, -0.2) is 4.37 Å². The lowest BCUT2D eigenvalue weighted by Crippen LogP contribution is -1.78. The van der Waals surface area contributed by atoms with Gasteiger partial charge in [0.25, 0.3) is 0 Å². The second kappa shape index (κ2) is 3.62. The molecule has 0 saturated heterocycles. The van der Waals surface area contributed by atoms with E-state index in [9.17, 15) is 0 Å². The maximum absolute atomic E-state index is 3.96. The van der Waals surface area contributed by atoms with E-state index in [0.717, 1.165) is 6.42 Å². The third-order valence-corrected chi connectivity index (χ3v) is 1.80. The van der Waals surface area contributed by atoms with Gasteiger partial charge in [-0.05, 0) is 29.9 Å². The second-order valence-electron chi connectivity index (χ2n) is 2.06. The average Bonchev–Trinajstić information content (AvgIpc) is 2.34. The highest BCUT2D eigenvalue weighted by Gasteiger charge is 1.91. The van der Waals surface area contributed by atoms with Gasteiger partial charge in [0.1, 0.15) is 0 Å². The number of hydrogen-bond acceptors (Lipinski definition) is 2. The lowest BCUT2D eigenvalue weighted by molar-refractivity contribution is 0.795. The summed E-state index contributed by atoms with van der Waals surface area (Å²) in [6.45, 7) is 2.19. The van der Waals surface area contributed by atoms with Crippen LogP contribution >= 0.6 is 11.5 Å². The van der Waals surface area contributed by atoms with Crippen molar-refractivity contribution in [2.75, 3.05) is 0 Å². The summed E-state index contributed by atoms with van der Waals surface area (Å²) in [5.41, 5.74) is 1.27. The summed E-state index contributed by atoms with van der Waals surface area (Å²) in [6, 6.07) is 0. The molecule has 1 rings (SSSR count). The van der Waals surface area contributed by atoms with E-state index in [0.29, 0.717) is 0 Å². The Balaban J connectivity index is 2.30. The van der Waals surface area contributed by atoms with Crippen LogP contribution < -0.4 is 0 Å². The van der Waals surface area contributed by atoms with E-state index in [1.54, 1.807) is 0 Å². The van der Waals surface area contributed by atoms with Gasteiger partial charge in [-0.3, -0.25) is 0 Å². The number of aromatic nitrogens is 1. The Morgan fingerprint density at radius 2 is 2.67 bits per heavy atom. The zero-order valence-electron chi connectivity index (χ0n) is 5.55. The molecule has 9 heavy (non-hydrogen) atoms. The fraction of sp³-hybridized carbons (Fsp3) is 0.571. The molecule has 0 amide bonds. The zero-order valence-corrected chi connectivity index (χ0v) is 6.37. The molecule has 1 nitrogen and oxygen atoms in total. The predicted octanol–water partition coefficient (Wildman–Crippen LogP) is 2.29. The summed E-state index contributed by atoms with van der Waals surface area (Å²) < 4.78 is 3.96. The minimum atomic E-state index is 1.15. The minimum absolute atomic E-state index is 1.15. The summed E-state index contributed by atoms with van der Waals surface area (Å²) in [7, 11) is 0. The average molecular weight is 140 g/mol. The predicted molar refractivity (Wildman–Crippen MR) is 39.6 cm³/mol. The third kappa shape index (κ3) is 2.14. The van der Waals surface area contributed by atoms with Gasteiger partial charge in [0.2, 0.25) is 0 Å². The summed E-state index contributed by atoms with van der Waals surface area (Å²) in [6.07, 6.45) is 5.56. The van der Waals surface area contributed by atoms with Crippen molar-refractivity contribution in [3.05, 3.63) is 17.1 Å². The smallest absolute Gasteiger partial charge is 0.0700 e. The standard InChI is InChI=1S/C7H10NS/c1-2-3-4-7-5-8-9-6-7/h5H,2-4H2,1H3.